The summed E-state index contributed by atoms with van der Waals surface area (Å²) >= 11 is 3.30. The zero-order chi connectivity index (χ0) is 15.9. The average molecular weight is 363 g/mol. The second-order valence-corrected chi connectivity index (χ2v) is 5.38. The number of aliphatic hydroxyl groups excluding tert-OH is 1. The summed E-state index contributed by atoms with van der Waals surface area (Å²) in [5, 5.41) is 13.8. The number of hydrogen-bond donors (Lipinski definition) is 2. The predicted octanol–water partition coefficient (Wildman–Crippen LogP) is 2.64. The van der Waals surface area contributed by atoms with Gasteiger partial charge in [0.1, 0.15) is 5.75 Å². The van der Waals surface area contributed by atoms with Crippen molar-refractivity contribution in [3.8, 4) is 5.75 Å². The molecule has 22 heavy (non-hydrogen) atoms. The number of halogens is 1. The van der Waals surface area contributed by atoms with Gasteiger partial charge in [0.2, 0.25) is 0 Å². The van der Waals surface area contributed by atoms with Crippen molar-refractivity contribution < 1.29 is 14.6 Å². The molecule has 2 aromatic carbocycles. The quantitative estimate of drug-likeness (QED) is 0.634. The molecule has 2 N–H and O–H groups in total. The number of nitrogens with one attached hydrogen (secondary N) is 1. The normalized spacial score (nSPS) is 12.1. The summed E-state index contributed by atoms with van der Waals surface area (Å²) < 4.78 is 5.93. The minimum absolute atomic E-state index is 0.500. The Balaban J connectivity index is 1.93. The highest BCUT2D eigenvalue weighted by Crippen LogP contribution is 2.16. The number of carbonyl (C=O) groups is 1. The Morgan fingerprint density at radius 2 is 1.86 bits per heavy atom. The van der Waals surface area contributed by atoms with Crippen LogP contribution in [0.2, 0.25) is 0 Å². The van der Waals surface area contributed by atoms with E-state index in [9.17, 15) is 9.90 Å². The summed E-state index contributed by atoms with van der Waals surface area (Å²) in [7, 11) is 1.59. The molecular weight excluding hydrogens is 348 g/mol. The Labute approximate surface area is 136 Å². The second kappa shape index (κ2) is 7.72. The summed E-state index contributed by atoms with van der Waals surface area (Å²) in [6.07, 6.45) is 0.229. The van der Waals surface area contributed by atoms with Crippen molar-refractivity contribution >= 4 is 28.1 Å². The van der Waals surface area contributed by atoms with Gasteiger partial charge in [-0.05, 0) is 47.5 Å². The van der Waals surface area contributed by atoms with Gasteiger partial charge in [-0.25, -0.2) is 5.43 Å². The van der Waals surface area contributed by atoms with Crippen LogP contribution < -0.4 is 10.2 Å². The van der Waals surface area contributed by atoms with E-state index >= 15 is 0 Å². The first kappa shape index (κ1) is 16.2. The molecule has 1 amide bonds. The van der Waals surface area contributed by atoms with Crippen molar-refractivity contribution in [3.63, 3.8) is 0 Å². The number of amides is 1. The van der Waals surface area contributed by atoms with Crippen molar-refractivity contribution in [1.82, 2.24) is 5.43 Å². The first-order valence-corrected chi connectivity index (χ1v) is 7.30. The van der Waals surface area contributed by atoms with Crippen LogP contribution >= 0.6 is 15.9 Å². The Kier molecular flexibility index (Phi) is 5.68. The molecule has 2 aromatic rings. The van der Waals surface area contributed by atoms with Crippen molar-refractivity contribution in [1.29, 1.82) is 0 Å². The van der Waals surface area contributed by atoms with Crippen LogP contribution in [0.5, 0.6) is 5.75 Å². The van der Waals surface area contributed by atoms with Gasteiger partial charge < -0.3 is 9.84 Å². The maximum Gasteiger partial charge on any atom is 0.273 e. The van der Waals surface area contributed by atoms with Crippen molar-refractivity contribution in [3.05, 3.63) is 64.1 Å². The van der Waals surface area contributed by atoms with Crippen molar-refractivity contribution in [2.75, 3.05) is 7.11 Å². The van der Waals surface area contributed by atoms with Gasteiger partial charge in [0, 0.05) is 4.47 Å². The van der Waals surface area contributed by atoms with Gasteiger partial charge in [0.05, 0.1) is 13.3 Å². The standard InChI is InChI=1S/C16H15BrN2O3/c1-22-14-8-2-11(3-9-14)10-18-19-16(21)15(20)12-4-6-13(17)7-5-12/h2-10,15,20H,1H3,(H,19,21)/b18-10+/t15-/m1/s1. The molecule has 1 atom stereocenters. The Morgan fingerprint density at radius 3 is 2.45 bits per heavy atom. The highest BCUT2D eigenvalue weighted by atomic mass is 79.9. The molecule has 0 aliphatic heterocycles. The van der Waals surface area contributed by atoms with E-state index in [2.05, 4.69) is 26.5 Å². The molecular formula is C16H15BrN2O3. The lowest BCUT2D eigenvalue weighted by Crippen LogP contribution is -2.25. The van der Waals surface area contributed by atoms with Gasteiger partial charge >= 0.3 is 0 Å². The van der Waals surface area contributed by atoms with E-state index in [1.165, 1.54) is 6.21 Å². The number of rotatable bonds is 5. The van der Waals surface area contributed by atoms with Gasteiger partial charge in [-0.2, -0.15) is 5.10 Å². The summed E-state index contributed by atoms with van der Waals surface area (Å²) in [5.41, 5.74) is 3.62. The number of carbonyl (C=O) groups excluding carboxylic acids is 1. The third-order valence-corrected chi connectivity index (χ3v) is 3.47. The molecule has 0 unspecified atom stereocenters. The lowest BCUT2D eigenvalue weighted by Gasteiger charge is -2.08. The largest absolute Gasteiger partial charge is 0.497 e. The molecule has 0 radical (unpaired) electrons. The zero-order valence-corrected chi connectivity index (χ0v) is 13.4. The zero-order valence-electron chi connectivity index (χ0n) is 11.9. The van der Waals surface area contributed by atoms with E-state index < -0.39 is 12.0 Å². The number of hydrazone groups is 1. The Bertz CT molecular complexity index is 654. The minimum Gasteiger partial charge on any atom is -0.497 e. The molecule has 0 aliphatic rings. The Hall–Kier alpha value is -2.18. The third-order valence-electron chi connectivity index (χ3n) is 2.94. The van der Waals surface area contributed by atoms with Gasteiger partial charge in [0.15, 0.2) is 6.10 Å². The summed E-state index contributed by atoms with van der Waals surface area (Å²) in [6, 6.07) is 14.0. The molecule has 6 heteroatoms. The average Bonchev–Trinajstić information content (AvgIpc) is 2.55. The van der Waals surface area contributed by atoms with Gasteiger partial charge in [0.25, 0.3) is 5.91 Å². The lowest BCUT2D eigenvalue weighted by atomic mass is 10.1. The van der Waals surface area contributed by atoms with E-state index in [1.54, 1.807) is 55.6 Å². The van der Waals surface area contributed by atoms with E-state index in [0.717, 1.165) is 15.8 Å². The molecule has 2 rings (SSSR count). The van der Waals surface area contributed by atoms with Crippen molar-refractivity contribution in [2.24, 2.45) is 5.10 Å². The topological polar surface area (TPSA) is 70.9 Å². The van der Waals surface area contributed by atoms with E-state index in [-0.39, 0.29) is 0 Å². The molecule has 0 bridgehead atoms. The monoisotopic (exact) mass is 362 g/mol. The number of ether oxygens (including phenoxy) is 1. The first-order valence-electron chi connectivity index (χ1n) is 6.50. The van der Waals surface area contributed by atoms with Gasteiger partial charge in [-0.3, -0.25) is 4.79 Å². The SMILES string of the molecule is COc1ccc(/C=N/NC(=O)[C@H](O)c2ccc(Br)cc2)cc1. The molecule has 0 aromatic heterocycles. The molecule has 0 fully saturated rings. The van der Waals surface area contributed by atoms with Gasteiger partial charge in [-0.15, -0.1) is 0 Å². The minimum atomic E-state index is -1.26. The maximum atomic E-state index is 11.8. The lowest BCUT2D eigenvalue weighted by molar-refractivity contribution is -0.129. The molecule has 0 aliphatic carbocycles. The number of benzene rings is 2. The maximum absolute atomic E-state index is 11.8. The summed E-state index contributed by atoms with van der Waals surface area (Å²) in [4.78, 5) is 11.8. The molecule has 0 saturated heterocycles. The van der Waals surface area contributed by atoms with Crippen LogP contribution in [0.3, 0.4) is 0 Å². The highest BCUT2D eigenvalue weighted by molar-refractivity contribution is 9.10. The van der Waals surface area contributed by atoms with Crippen LogP contribution in [-0.4, -0.2) is 24.3 Å². The molecule has 0 heterocycles. The number of hydrogen-bond acceptors (Lipinski definition) is 4. The van der Waals surface area contributed by atoms with Crippen LogP contribution in [0.25, 0.3) is 0 Å². The van der Waals surface area contributed by atoms with Crippen LogP contribution in [0, 0.1) is 0 Å². The predicted molar refractivity (Wildman–Crippen MR) is 87.8 cm³/mol. The summed E-state index contributed by atoms with van der Waals surface area (Å²) in [6.45, 7) is 0. The van der Waals surface area contributed by atoms with E-state index in [4.69, 9.17) is 4.74 Å². The van der Waals surface area contributed by atoms with E-state index in [1.807, 2.05) is 0 Å². The summed E-state index contributed by atoms with van der Waals surface area (Å²) in [5.74, 6) is 0.152. The second-order valence-electron chi connectivity index (χ2n) is 4.46. The highest BCUT2D eigenvalue weighted by Gasteiger charge is 2.16. The third kappa shape index (κ3) is 4.41. The van der Waals surface area contributed by atoms with E-state index in [0.29, 0.717) is 5.56 Å². The first-order chi connectivity index (χ1) is 10.6. The fourth-order valence-corrected chi connectivity index (χ4v) is 1.98. The Morgan fingerprint density at radius 1 is 1.23 bits per heavy atom. The number of nitrogens with zero attached hydrogens (tertiary/aromatic N) is 1. The smallest absolute Gasteiger partial charge is 0.273 e. The van der Waals surface area contributed by atoms with Crippen LogP contribution in [-0.2, 0) is 4.79 Å². The van der Waals surface area contributed by atoms with Gasteiger partial charge in [-0.1, -0.05) is 28.1 Å². The van der Waals surface area contributed by atoms with Crippen LogP contribution in [0.4, 0.5) is 0 Å². The molecule has 114 valence electrons. The molecule has 5 nitrogen and oxygen atoms in total. The number of aliphatic hydroxyl groups is 1. The van der Waals surface area contributed by atoms with Crippen LogP contribution in [0.15, 0.2) is 58.1 Å². The fraction of sp³-hybridized carbons (Fsp3) is 0.125. The molecule has 0 saturated carbocycles. The molecule has 0 spiro atoms. The number of methoxy groups -OCH3 is 1. The van der Waals surface area contributed by atoms with Crippen molar-refractivity contribution in [2.45, 2.75) is 6.10 Å². The fourth-order valence-electron chi connectivity index (χ4n) is 1.72. The van der Waals surface area contributed by atoms with Crippen LogP contribution in [0.1, 0.15) is 17.2 Å².